The minimum atomic E-state index is -0.236. The first kappa shape index (κ1) is 16.7. The molecule has 0 aliphatic rings. The van der Waals surface area contributed by atoms with Gasteiger partial charge in [0.2, 0.25) is 0 Å². The van der Waals surface area contributed by atoms with Gasteiger partial charge in [-0.15, -0.1) is 11.3 Å². The molecule has 0 aromatic carbocycles. The molecule has 1 atom stereocenters. The van der Waals surface area contributed by atoms with Gasteiger partial charge in [0.25, 0.3) is 0 Å². The number of halogens is 1. The quantitative estimate of drug-likeness (QED) is 0.383. The normalized spacial score (nSPS) is 14.3. The van der Waals surface area contributed by atoms with Crippen LogP contribution >= 0.6 is 22.9 Å². The van der Waals surface area contributed by atoms with E-state index in [-0.39, 0.29) is 11.2 Å². The molecule has 0 aliphatic heterocycles. The second-order valence-corrected chi connectivity index (χ2v) is 6.87. The lowest BCUT2D eigenvalue weighted by Crippen LogP contribution is -2.27. The molecule has 0 aliphatic carbocycles. The fraction of sp³-hybridized carbons (Fsp3) is 0.688. The van der Waals surface area contributed by atoms with Crippen molar-refractivity contribution >= 4 is 28.7 Å². The van der Waals surface area contributed by atoms with Crippen LogP contribution in [-0.2, 0) is 0 Å². The second-order valence-electron chi connectivity index (χ2n) is 5.55. The first-order chi connectivity index (χ1) is 9.05. The Morgan fingerprint density at radius 1 is 1.21 bits per heavy atom. The Hall–Kier alpha value is -0.340. The van der Waals surface area contributed by atoms with Gasteiger partial charge in [-0.25, -0.2) is 0 Å². The Balaban J connectivity index is 2.82. The van der Waals surface area contributed by atoms with Crippen LogP contribution in [0, 0.1) is 5.41 Å². The third-order valence-electron chi connectivity index (χ3n) is 3.79. The summed E-state index contributed by atoms with van der Waals surface area (Å²) in [6, 6.07) is 1.83. The number of hydrogen-bond acceptors (Lipinski definition) is 2. The third-order valence-corrected chi connectivity index (χ3v) is 5.13. The standard InChI is InChI=1S/C16H25ClOS/c1-4-6-8-11-16(3,10-7-5-2)15(18)14-13(17)9-12-19-14/h9,12H,4-8,10-11H2,1-3H3. The zero-order valence-corrected chi connectivity index (χ0v) is 13.9. The van der Waals surface area contributed by atoms with Gasteiger partial charge in [-0.2, -0.15) is 0 Å². The minimum Gasteiger partial charge on any atom is -0.293 e. The Labute approximate surface area is 126 Å². The van der Waals surface area contributed by atoms with E-state index in [4.69, 9.17) is 11.6 Å². The highest BCUT2D eigenvalue weighted by atomic mass is 35.5. The van der Waals surface area contributed by atoms with Gasteiger partial charge >= 0.3 is 0 Å². The molecular formula is C16H25ClOS. The van der Waals surface area contributed by atoms with Gasteiger partial charge in [0, 0.05) is 5.41 Å². The highest BCUT2D eigenvalue weighted by Crippen LogP contribution is 2.38. The number of carbonyl (C=O) groups excluding carboxylic acids is 1. The van der Waals surface area contributed by atoms with Crippen molar-refractivity contribution in [2.45, 2.75) is 65.7 Å². The molecule has 3 heteroatoms. The summed E-state index contributed by atoms with van der Waals surface area (Å²) in [5, 5.41) is 2.52. The van der Waals surface area contributed by atoms with Crippen LogP contribution in [-0.4, -0.2) is 5.78 Å². The van der Waals surface area contributed by atoms with Crippen molar-refractivity contribution in [3.05, 3.63) is 21.3 Å². The van der Waals surface area contributed by atoms with Crippen molar-refractivity contribution in [1.82, 2.24) is 0 Å². The van der Waals surface area contributed by atoms with Gasteiger partial charge in [0.1, 0.15) is 0 Å². The molecule has 0 bridgehead atoms. The Kier molecular flexibility index (Phi) is 7.09. The van der Waals surface area contributed by atoms with Crippen molar-refractivity contribution in [3.63, 3.8) is 0 Å². The molecule has 0 spiro atoms. The molecule has 19 heavy (non-hydrogen) atoms. The molecule has 0 radical (unpaired) electrons. The molecule has 0 saturated heterocycles. The zero-order valence-electron chi connectivity index (χ0n) is 12.3. The summed E-state index contributed by atoms with van der Waals surface area (Å²) in [6.07, 6.45) is 7.72. The molecule has 1 aromatic rings. The predicted molar refractivity (Wildman–Crippen MR) is 85.4 cm³/mol. The topological polar surface area (TPSA) is 17.1 Å². The molecule has 1 heterocycles. The third kappa shape index (κ3) is 4.61. The van der Waals surface area contributed by atoms with E-state index in [1.54, 1.807) is 0 Å². The Morgan fingerprint density at radius 3 is 2.37 bits per heavy atom. The monoisotopic (exact) mass is 300 g/mol. The van der Waals surface area contributed by atoms with Crippen molar-refractivity contribution in [2.24, 2.45) is 5.41 Å². The Bertz CT molecular complexity index is 399. The molecule has 0 amide bonds. The van der Waals surface area contributed by atoms with Gasteiger partial charge in [-0.05, 0) is 24.3 Å². The summed E-state index contributed by atoms with van der Waals surface area (Å²) in [7, 11) is 0. The highest BCUT2D eigenvalue weighted by molar-refractivity contribution is 7.12. The lowest BCUT2D eigenvalue weighted by molar-refractivity contribution is 0.0783. The van der Waals surface area contributed by atoms with Crippen molar-refractivity contribution in [1.29, 1.82) is 0 Å². The molecule has 1 nitrogen and oxygen atoms in total. The maximum atomic E-state index is 12.8. The average Bonchev–Trinajstić information content (AvgIpc) is 2.82. The molecule has 1 rings (SSSR count). The number of Topliss-reactive ketones (excluding diaryl/α,β-unsaturated/α-hetero) is 1. The van der Waals surface area contributed by atoms with E-state index in [0.29, 0.717) is 5.02 Å². The minimum absolute atomic E-state index is 0.236. The number of unbranched alkanes of at least 4 members (excludes halogenated alkanes) is 3. The van der Waals surface area contributed by atoms with Crippen LogP contribution in [0.5, 0.6) is 0 Å². The van der Waals surface area contributed by atoms with Crippen molar-refractivity contribution in [3.8, 4) is 0 Å². The lowest BCUT2D eigenvalue weighted by atomic mass is 9.76. The van der Waals surface area contributed by atoms with Gasteiger partial charge in [-0.3, -0.25) is 4.79 Å². The predicted octanol–water partition coefficient (Wildman–Crippen LogP) is 6.36. The Morgan fingerprint density at radius 2 is 1.84 bits per heavy atom. The van der Waals surface area contributed by atoms with E-state index in [9.17, 15) is 4.79 Å². The van der Waals surface area contributed by atoms with E-state index in [1.807, 2.05) is 11.4 Å². The van der Waals surface area contributed by atoms with Crippen LogP contribution in [0.15, 0.2) is 11.4 Å². The molecule has 0 fully saturated rings. The summed E-state index contributed by atoms with van der Waals surface area (Å²) in [5.74, 6) is 0.247. The summed E-state index contributed by atoms with van der Waals surface area (Å²) in [4.78, 5) is 13.5. The lowest BCUT2D eigenvalue weighted by Gasteiger charge is -2.28. The largest absolute Gasteiger partial charge is 0.293 e. The van der Waals surface area contributed by atoms with E-state index >= 15 is 0 Å². The number of hydrogen-bond donors (Lipinski definition) is 0. The number of thiophene rings is 1. The SMILES string of the molecule is CCCCCC(C)(CCCC)C(=O)c1sccc1Cl. The van der Waals surface area contributed by atoms with Crippen LogP contribution in [0.4, 0.5) is 0 Å². The average molecular weight is 301 g/mol. The maximum absolute atomic E-state index is 12.8. The summed E-state index contributed by atoms with van der Waals surface area (Å²) in [6.45, 7) is 6.49. The van der Waals surface area contributed by atoms with Crippen molar-refractivity contribution in [2.75, 3.05) is 0 Å². The van der Waals surface area contributed by atoms with E-state index < -0.39 is 0 Å². The van der Waals surface area contributed by atoms with E-state index in [1.165, 1.54) is 24.2 Å². The van der Waals surface area contributed by atoms with Gasteiger partial charge < -0.3 is 0 Å². The molecule has 0 N–H and O–H groups in total. The highest BCUT2D eigenvalue weighted by Gasteiger charge is 2.34. The number of ketones is 1. The molecular weight excluding hydrogens is 276 g/mol. The second kappa shape index (κ2) is 8.06. The van der Waals surface area contributed by atoms with Gasteiger partial charge in [0.15, 0.2) is 5.78 Å². The van der Waals surface area contributed by atoms with Gasteiger partial charge in [-0.1, -0.05) is 64.5 Å². The first-order valence-corrected chi connectivity index (χ1v) is 8.58. The first-order valence-electron chi connectivity index (χ1n) is 7.33. The van der Waals surface area contributed by atoms with E-state index in [0.717, 1.165) is 37.0 Å². The molecule has 1 aromatic heterocycles. The van der Waals surface area contributed by atoms with Gasteiger partial charge in [0.05, 0.1) is 9.90 Å². The van der Waals surface area contributed by atoms with Crippen LogP contribution in [0.2, 0.25) is 5.02 Å². The summed E-state index contributed by atoms with van der Waals surface area (Å²) < 4.78 is 0. The molecule has 0 saturated carbocycles. The number of carbonyl (C=O) groups is 1. The smallest absolute Gasteiger partial charge is 0.180 e. The fourth-order valence-corrected chi connectivity index (χ4v) is 3.65. The maximum Gasteiger partial charge on any atom is 0.180 e. The molecule has 1 unspecified atom stereocenters. The van der Waals surface area contributed by atoms with Crippen LogP contribution < -0.4 is 0 Å². The van der Waals surface area contributed by atoms with Crippen LogP contribution in [0.25, 0.3) is 0 Å². The zero-order chi connectivity index (χ0) is 14.3. The van der Waals surface area contributed by atoms with E-state index in [2.05, 4.69) is 20.8 Å². The van der Waals surface area contributed by atoms with Crippen molar-refractivity contribution < 1.29 is 4.79 Å². The van der Waals surface area contributed by atoms with Crippen LogP contribution in [0.1, 0.15) is 75.4 Å². The summed E-state index contributed by atoms with van der Waals surface area (Å²) >= 11 is 7.60. The van der Waals surface area contributed by atoms with Crippen LogP contribution in [0.3, 0.4) is 0 Å². The number of rotatable bonds is 9. The fourth-order valence-electron chi connectivity index (χ4n) is 2.41. The molecule has 108 valence electrons. The summed E-state index contributed by atoms with van der Waals surface area (Å²) in [5.41, 5.74) is -0.236.